The van der Waals surface area contributed by atoms with Crippen LogP contribution in [0.4, 0.5) is 4.39 Å². The third-order valence-electron chi connectivity index (χ3n) is 6.90. The normalized spacial score (nSPS) is 21.6. The maximum atomic E-state index is 14.2. The molecule has 1 aliphatic carbocycles. The minimum absolute atomic E-state index is 0.0474. The summed E-state index contributed by atoms with van der Waals surface area (Å²) in [5, 5.41) is 4.18. The van der Waals surface area contributed by atoms with Crippen LogP contribution in [0.5, 0.6) is 11.5 Å². The Morgan fingerprint density at radius 2 is 1.94 bits per heavy atom. The Hall–Kier alpha value is -2.93. The van der Waals surface area contributed by atoms with Crippen molar-refractivity contribution in [1.29, 1.82) is 0 Å². The zero-order valence-corrected chi connectivity index (χ0v) is 21.0. The Balaban J connectivity index is 1.11. The average Bonchev–Trinajstić information content (AvgIpc) is 3.16. The number of carbonyl (C=O) groups is 1. The van der Waals surface area contributed by atoms with Crippen LogP contribution in [0, 0.1) is 19.7 Å². The van der Waals surface area contributed by atoms with Gasteiger partial charge in [0.25, 0.3) is 0 Å². The van der Waals surface area contributed by atoms with Gasteiger partial charge >= 0.3 is 0 Å². The van der Waals surface area contributed by atoms with Gasteiger partial charge in [-0.2, -0.15) is 0 Å². The first-order valence-corrected chi connectivity index (χ1v) is 13.2. The molecule has 0 bridgehead atoms. The third kappa shape index (κ3) is 5.67. The number of amides is 1. The van der Waals surface area contributed by atoms with Crippen LogP contribution in [-0.2, 0) is 17.6 Å². The summed E-state index contributed by atoms with van der Waals surface area (Å²) in [5.74, 6) is 1.47. The van der Waals surface area contributed by atoms with Crippen molar-refractivity contribution in [2.24, 2.45) is 0 Å². The summed E-state index contributed by atoms with van der Waals surface area (Å²) in [7, 11) is 0. The first-order valence-electron chi connectivity index (χ1n) is 12.4. The van der Waals surface area contributed by atoms with Crippen molar-refractivity contribution >= 4 is 17.2 Å². The van der Waals surface area contributed by atoms with E-state index < -0.39 is 0 Å². The van der Waals surface area contributed by atoms with Crippen LogP contribution >= 0.6 is 11.3 Å². The number of hydrogen-bond donors (Lipinski definition) is 1. The Morgan fingerprint density at radius 3 is 2.69 bits per heavy atom. The fourth-order valence-corrected chi connectivity index (χ4v) is 5.91. The van der Waals surface area contributed by atoms with Gasteiger partial charge in [0, 0.05) is 16.5 Å². The molecule has 1 N–H and O–H groups in total. The lowest BCUT2D eigenvalue weighted by atomic mass is 9.92. The van der Waals surface area contributed by atoms with E-state index in [9.17, 15) is 9.18 Å². The number of nitrogens with one attached hydrogen (secondary N) is 1. The second-order valence-corrected chi connectivity index (χ2v) is 10.9. The van der Waals surface area contributed by atoms with Crippen LogP contribution in [0.1, 0.15) is 64.9 Å². The molecule has 5 nitrogen and oxygen atoms in total. The maximum Gasteiger partial charge on any atom is 0.226 e. The summed E-state index contributed by atoms with van der Waals surface area (Å²) in [6.07, 6.45) is 5.41. The summed E-state index contributed by atoms with van der Waals surface area (Å²) < 4.78 is 26.6. The molecule has 2 heterocycles. The van der Waals surface area contributed by atoms with E-state index in [0.29, 0.717) is 12.0 Å². The predicted octanol–water partition coefficient (Wildman–Crippen LogP) is 6.01. The van der Waals surface area contributed by atoms with Gasteiger partial charge in [-0.1, -0.05) is 18.2 Å². The summed E-state index contributed by atoms with van der Waals surface area (Å²) in [5.41, 5.74) is 2.60. The zero-order valence-electron chi connectivity index (χ0n) is 20.2. The molecule has 35 heavy (non-hydrogen) atoms. The van der Waals surface area contributed by atoms with Crippen molar-refractivity contribution in [3.05, 3.63) is 75.0 Å². The molecule has 0 radical (unpaired) electrons. The van der Waals surface area contributed by atoms with Crippen LogP contribution in [0.3, 0.4) is 0 Å². The quantitative estimate of drug-likeness (QED) is 0.456. The van der Waals surface area contributed by atoms with E-state index in [1.54, 1.807) is 23.5 Å². The van der Waals surface area contributed by atoms with Gasteiger partial charge in [0.2, 0.25) is 5.91 Å². The minimum atomic E-state index is -0.260. The molecule has 1 aromatic heterocycles. The fourth-order valence-electron chi connectivity index (χ4n) is 5.08. The molecule has 1 atom stereocenters. The molecule has 184 valence electrons. The number of halogens is 1. The molecule has 1 amide bonds. The van der Waals surface area contributed by atoms with Gasteiger partial charge in [-0.25, -0.2) is 9.37 Å². The van der Waals surface area contributed by atoms with Crippen molar-refractivity contribution in [3.8, 4) is 11.5 Å². The standard InChI is InChI=1S/C28H31FN2O3S/c1-17-25(30-18(2)35-17)16-28(32)31-20-8-10-21(11-9-20)33-22-12-14-26-19(15-22)7-13-27(34-26)23-5-3-4-6-24(23)29/h3-6,12,14-15,20-21,27H,7-11,13,16H2,1-2H3,(H,31,32)/t20-,21-,27?. The van der Waals surface area contributed by atoms with Crippen LogP contribution in [0.2, 0.25) is 0 Å². The number of fused-ring (bicyclic) bond motifs is 1. The SMILES string of the molecule is Cc1nc(CC(=O)N[C@H]2CC[C@H](Oc3ccc4c(c3)CCC(c3ccccc3F)O4)CC2)c(C)s1. The molecule has 2 aromatic carbocycles. The molecule has 0 spiro atoms. The molecular formula is C28H31FN2O3S. The van der Waals surface area contributed by atoms with Gasteiger partial charge < -0.3 is 14.8 Å². The van der Waals surface area contributed by atoms with Crippen molar-refractivity contribution in [2.45, 2.75) is 77.0 Å². The fraction of sp³-hybridized carbons (Fsp3) is 0.429. The number of aromatic nitrogens is 1. The zero-order chi connectivity index (χ0) is 24.4. The van der Waals surface area contributed by atoms with Gasteiger partial charge in [-0.05, 0) is 82.2 Å². The first kappa shape index (κ1) is 23.8. The second-order valence-electron chi connectivity index (χ2n) is 9.51. The number of benzene rings is 2. The highest BCUT2D eigenvalue weighted by Crippen LogP contribution is 2.38. The molecule has 7 heteroatoms. The van der Waals surface area contributed by atoms with E-state index in [4.69, 9.17) is 9.47 Å². The number of hydrogen-bond acceptors (Lipinski definition) is 5. The average molecular weight is 495 g/mol. The second kappa shape index (κ2) is 10.4. The lowest BCUT2D eigenvalue weighted by Crippen LogP contribution is -2.40. The van der Waals surface area contributed by atoms with E-state index in [-0.39, 0.29) is 30.0 Å². The maximum absolute atomic E-state index is 14.2. The molecule has 1 unspecified atom stereocenters. The van der Waals surface area contributed by atoms with Gasteiger partial charge in [0.1, 0.15) is 23.4 Å². The topological polar surface area (TPSA) is 60.5 Å². The van der Waals surface area contributed by atoms with E-state index in [0.717, 1.165) is 71.2 Å². The summed E-state index contributed by atoms with van der Waals surface area (Å²) >= 11 is 1.64. The smallest absolute Gasteiger partial charge is 0.226 e. The first-order chi connectivity index (χ1) is 16.9. The molecule has 1 fully saturated rings. The van der Waals surface area contributed by atoms with Crippen molar-refractivity contribution in [2.75, 3.05) is 0 Å². The Labute approximate surface area is 209 Å². The third-order valence-corrected chi connectivity index (χ3v) is 7.83. The number of nitrogens with zero attached hydrogens (tertiary/aromatic N) is 1. The molecule has 5 rings (SSSR count). The van der Waals surface area contributed by atoms with E-state index in [1.165, 1.54) is 6.07 Å². The number of aryl methyl sites for hydroxylation is 3. The molecule has 0 saturated heterocycles. The van der Waals surface area contributed by atoms with E-state index >= 15 is 0 Å². The van der Waals surface area contributed by atoms with Crippen LogP contribution in [-0.4, -0.2) is 23.0 Å². The number of rotatable bonds is 6. The lowest BCUT2D eigenvalue weighted by molar-refractivity contribution is -0.121. The van der Waals surface area contributed by atoms with Crippen LogP contribution in [0.15, 0.2) is 42.5 Å². The molecule has 3 aromatic rings. The Bertz CT molecular complexity index is 1200. The Kier molecular flexibility index (Phi) is 7.04. The summed E-state index contributed by atoms with van der Waals surface area (Å²) in [6, 6.07) is 12.9. The highest BCUT2D eigenvalue weighted by atomic mass is 32.1. The lowest BCUT2D eigenvalue weighted by Gasteiger charge is -2.30. The largest absolute Gasteiger partial charge is 0.490 e. The van der Waals surface area contributed by atoms with Gasteiger partial charge in [-0.3, -0.25) is 4.79 Å². The van der Waals surface area contributed by atoms with Gasteiger partial charge in [0.15, 0.2) is 0 Å². The Morgan fingerprint density at radius 1 is 1.14 bits per heavy atom. The number of ether oxygens (including phenoxy) is 2. The summed E-state index contributed by atoms with van der Waals surface area (Å²) in [6.45, 7) is 3.99. The molecule has 1 aliphatic heterocycles. The highest BCUT2D eigenvalue weighted by Gasteiger charge is 2.26. The van der Waals surface area contributed by atoms with Crippen LogP contribution in [0.25, 0.3) is 0 Å². The molecular weight excluding hydrogens is 463 g/mol. The van der Waals surface area contributed by atoms with Crippen molar-refractivity contribution in [3.63, 3.8) is 0 Å². The number of thiazole rings is 1. The van der Waals surface area contributed by atoms with Gasteiger partial charge in [0.05, 0.1) is 23.2 Å². The minimum Gasteiger partial charge on any atom is -0.490 e. The number of carbonyl (C=O) groups excluding carboxylic acids is 1. The van der Waals surface area contributed by atoms with Gasteiger partial charge in [-0.15, -0.1) is 11.3 Å². The molecule has 1 saturated carbocycles. The van der Waals surface area contributed by atoms with Crippen molar-refractivity contribution in [1.82, 2.24) is 10.3 Å². The van der Waals surface area contributed by atoms with Crippen molar-refractivity contribution < 1.29 is 18.7 Å². The van der Waals surface area contributed by atoms with E-state index in [1.807, 2.05) is 32.0 Å². The highest BCUT2D eigenvalue weighted by molar-refractivity contribution is 7.11. The predicted molar refractivity (Wildman–Crippen MR) is 135 cm³/mol. The molecule has 2 aliphatic rings. The van der Waals surface area contributed by atoms with E-state index in [2.05, 4.69) is 16.4 Å². The van der Waals surface area contributed by atoms with Crippen LogP contribution < -0.4 is 14.8 Å². The summed E-state index contributed by atoms with van der Waals surface area (Å²) in [4.78, 5) is 18.1. The monoisotopic (exact) mass is 494 g/mol.